The van der Waals surface area contributed by atoms with Crippen molar-refractivity contribution >= 4 is 5.78 Å². The number of aliphatic hydroxyl groups is 1. The molecule has 0 unspecified atom stereocenters. The summed E-state index contributed by atoms with van der Waals surface area (Å²) in [6, 6.07) is 0.320. The van der Waals surface area contributed by atoms with Crippen molar-refractivity contribution in [1.29, 1.82) is 0 Å². The zero-order valence-corrected chi connectivity index (χ0v) is 23.0. The molecule has 1 aromatic carbocycles. The largest absolute Gasteiger partial charge is 0.493 e. The number of hydrogen-bond donors (Lipinski definition) is 1. The SMILES string of the molecule is COc1ccc(OCc2cnc([C@@H]3CCCN3C(F)(F)C(=O)C3(O)CC(C)(C)CC(C)(C)C3)o2)cc1OC. The van der Waals surface area contributed by atoms with Crippen LogP contribution in [0.1, 0.15) is 77.5 Å². The van der Waals surface area contributed by atoms with Crippen LogP contribution in [0.4, 0.5) is 8.78 Å². The molecule has 2 fully saturated rings. The molecule has 2 aliphatic rings. The molecule has 0 amide bonds. The highest BCUT2D eigenvalue weighted by Crippen LogP contribution is 2.52. The van der Waals surface area contributed by atoms with E-state index >= 15 is 8.78 Å². The summed E-state index contributed by atoms with van der Waals surface area (Å²) >= 11 is 0. The molecule has 2 heterocycles. The van der Waals surface area contributed by atoms with E-state index in [0.29, 0.717) is 35.9 Å². The standard InChI is InChI=1S/C28H38F2N2O6/c1-25(2)15-26(3,4)17-27(34,16-25)24(33)28(29,30)32-11-7-8-20(32)23-31-13-19(38-23)14-37-18-9-10-21(35-5)22(12-18)36-6/h9-10,12-13,20,34H,7-8,11,14-17H2,1-6H3/t20-/m0/s1. The average molecular weight is 537 g/mol. The van der Waals surface area contributed by atoms with E-state index in [1.807, 2.05) is 27.7 Å². The molecule has 1 saturated heterocycles. The van der Waals surface area contributed by atoms with Gasteiger partial charge < -0.3 is 23.7 Å². The van der Waals surface area contributed by atoms with Gasteiger partial charge in [-0.3, -0.25) is 4.79 Å². The second-order valence-electron chi connectivity index (χ2n) is 12.1. The number of carbonyl (C=O) groups excluding carboxylic acids is 1. The van der Waals surface area contributed by atoms with E-state index in [0.717, 1.165) is 11.3 Å². The van der Waals surface area contributed by atoms with Crippen molar-refractivity contribution in [1.82, 2.24) is 9.88 Å². The summed E-state index contributed by atoms with van der Waals surface area (Å²) in [4.78, 5) is 18.4. The fraction of sp³-hybridized carbons (Fsp3) is 0.643. The third-order valence-corrected chi connectivity index (χ3v) is 7.40. The van der Waals surface area contributed by atoms with Crippen LogP contribution in [0, 0.1) is 10.8 Å². The summed E-state index contributed by atoms with van der Waals surface area (Å²) in [5.74, 6) is 0.572. The first-order valence-corrected chi connectivity index (χ1v) is 12.9. The first-order valence-electron chi connectivity index (χ1n) is 12.9. The first-order chi connectivity index (χ1) is 17.7. The van der Waals surface area contributed by atoms with E-state index in [1.54, 1.807) is 18.2 Å². The highest BCUT2D eigenvalue weighted by Gasteiger charge is 2.61. The van der Waals surface area contributed by atoms with Gasteiger partial charge in [-0.25, -0.2) is 9.88 Å². The van der Waals surface area contributed by atoms with E-state index in [-0.39, 0.29) is 31.9 Å². The molecule has 1 aliphatic heterocycles. The molecule has 1 aromatic heterocycles. The van der Waals surface area contributed by atoms with Crippen molar-refractivity contribution in [2.24, 2.45) is 10.8 Å². The number of hydrogen-bond acceptors (Lipinski definition) is 8. The Bertz CT molecular complexity index is 1150. The zero-order valence-electron chi connectivity index (χ0n) is 23.0. The molecule has 38 heavy (non-hydrogen) atoms. The fourth-order valence-corrected chi connectivity index (χ4v) is 6.60. The van der Waals surface area contributed by atoms with Crippen LogP contribution in [-0.4, -0.2) is 53.2 Å². The maximum Gasteiger partial charge on any atom is 0.367 e. The minimum absolute atomic E-state index is 0.00695. The minimum atomic E-state index is -3.87. The summed E-state index contributed by atoms with van der Waals surface area (Å²) in [7, 11) is 3.06. The molecule has 1 atom stereocenters. The van der Waals surface area contributed by atoms with Crippen LogP contribution in [0.3, 0.4) is 0 Å². The van der Waals surface area contributed by atoms with Gasteiger partial charge in [0.15, 0.2) is 17.3 Å². The van der Waals surface area contributed by atoms with Gasteiger partial charge in [-0.05, 0) is 55.1 Å². The monoisotopic (exact) mass is 536 g/mol. The molecular formula is C28H38F2N2O6. The molecule has 4 rings (SSSR count). The Morgan fingerprint density at radius 3 is 2.42 bits per heavy atom. The van der Waals surface area contributed by atoms with Gasteiger partial charge in [0.2, 0.25) is 11.7 Å². The molecule has 10 heteroatoms. The van der Waals surface area contributed by atoms with Crippen molar-refractivity contribution in [3.05, 3.63) is 36.0 Å². The lowest BCUT2D eigenvalue weighted by atomic mass is 9.58. The number of ether oxygens (including phenoxy) is 3. The lowest BCUT2D eigenvalue weighted by Crippen LogP contribution is -2.60. The van der Waals surface area contributed by atoms with Crippen LogP contribution in [0.2, 0.25) is 0 Å². The molecule has 210 valence electrons. The molecule has 1 N–H and O–H groups in total. The van der Waals surface area contributed by atoms with Crippen molar-refractivity contribution in [2.45, 2.75) is 84.1 Å². The molecule has 0 bridgehead atoms. The molecule has 8 nitrogen and oxygen atoms in total. The van der Waals surface area contributed by atoms with Crippen molar-refractivity contribution < 1.29 is 37.3 Å². The zero-order chi connectivity index (χ0) is 27.9. The maximum atomic E-state index is 15.8. The van der Waals surface area contributed by atoms with Gasteiger partial charge in [0.1, 0.15) is 18.0 Å². The number of rotatable bonds is 9. The Morgan fingerprint density at radius 1 is 1.13 bits per heavy atom. The Morgan fingerprint density at radius 2 is 1.79 bits per heavy atom. The number of alkyl halides is 2. The molecule has 2 aromatic rings. The smallest absolute Gasteiger partial charge is 0.367 e. The van der Waals surface area contributed by atoms with Gasteiger partial charge in [0.25, 0.3) is 0 Å². The summed E-state index contributed by atoms with van der Waals surface area (Å²) in [6.45, 7) is 7.63. The minimum Gasteiger partial charge on any atom is -0.493 e. The number of aromatic nitrogens is 1. The summed E-state index contributed by atoms with van der Waals surface area (Å²) in [5.41, 5.74) is -3.01. The van der Waals surface area contributed by atoms with Gasteiger partial charge in [-0.15, -0.1) is 0 Å². The summed E-state index contributed by atoms with van der Waals surface area (Å²) in [5, 5.41) is 11.3. The number of nitrogens with zero attached hydrogens (tertiary/aromatic N) is 2. The second-order valence-corrected chi connectivity index (χ2v) is 12.1. The van der Waals surface area contributed by atoms with E-state index < -0.39 is 34.3 Å². The van der Waals surface area contributed by atoms with Gasteiger partial charge in [-0.1, -0.05) is 27.7 Å². The molecule has 0 spiro atoms. The molecule has 1 saturated carbocycles. The number of oxazole rings is 1. The number of halogens is 2. The van der Waals surface area contributed by atoms with E-state index in [2.05, 4.69) is 4.98 Å². The Hall–Kier alpha value is -2.72. The van der Waals surface area contributed by atoms with E-state index in [4.69, 9.17) is 18.6 Å². The topological polar surface area (TPSA) is 94.3 Å². The summed E-state index contributed by atoms with van der Waals surface area (Å²) in [6.07, 6.45) is 2.96. The van der Waals surface area contributed by atoms with Crippen molar-refractivity contribution in [3.63, 3.8) is 0 Å². The lowest BCUT2D eigenvalue weighted by molar-refractivity contribution is -0.207. The van der Waals surface area contributed by atoms with Crippen LogP contribution in [0.15, 0.2) is 28.8 Å². The van der Waals surface area contributed by atoms with Gasteiger partial charge >= 0.3 is 6.05 Å². The normalized spacial score (nSPS) is 22.7. The Balaban J connectivity index is 1.48. The van der Waals surface area contributed by atoms with Crippen LogP contribution in [0.25, 0.3) is 0 Å². The molecule has 1 aliphatic carbocycles. The van der Waals surface area contributed by atoms with Gasteiger partial charge in [0.05, 0.1) is 26.5 Å². The fourth-order valence-electron chi connectivity index (χ4n) is 6.60. The predicted molar refractivity (Wildman–Crippen MR) is 135 cm³/mol. The van der Waals surface area contributed by atoms with E-state index in [9.17, 15) is 9.90 Å². The first kappa shape index (κ1) is 28.3. The number of carbonyl (C=O) groups is 1. The van der Waals surface area contributed by atoms with E-state index in [1.165, 1.54) is 20.4 Å². The number of likely N-dealkylation sites (tertiary alicyclic amines) is 1. The second kappa shape index (κ2) is 10.1. The average Bonchev–Trinajstić information content (AvgIpc) is 3.49. The van der Waals surface area contributed by atoms with Crippen molar-refractivity contribution in [2.75, 3.05) is 20.8 Å². The van der Waals surface area contributed by atoms with Crippen molar-refractivity contribution in [3.8, 4) is 17.2 Å². The number of methoxy groups -OCH3 is 2. The number of benzene rings is 1. The molecular weight excluding hydrogens is 498 g/mol. The number of ketones is 1. The summed E-state index contributed by atoms with van der Waals surface area (Å²) < 4.78 is 53.6. The molecule has 0 radical (unpaired) electrons. The van der Waals surface area contributed by atoms with Gasteiger partial charge in [-0.2, -0.15) is 8.78 Å². The van der Waals surface area contributed by atoms with Crippen LogP contribution in [0.5, 0.6) is 17.2 Å². The van der Waals surface area contributed by atoms with Gasteiger partial charge in [0, 0.05) is 12.6 Å². The van der Waals surface area contributed by atoms with Crippen LogP contribution in [-0.2, 0) is 11.4 Å². The van der Waals surface area contributed by atoms with Crippen LogP contribution < -0.4 is 14.2 Å². The maximum absolute atomic E-state index is 15.8. The highest BCUT2D eigenvalue weighted by atomic mass is 19.3. The number of Topliss-reactive ketones (excluding diaryl/α,β-unsaturated/α-hetero) is 1. The third-order valence-electron chi connectivity index (χ3n) is 7.40. The quantitative estimate of drug-likeness (QED) is 0.418. The van der Waals surface area contributed by atoms with Crippen LogP contribution >= 0.6 is 0 Å². The predicted octanol–water partition coefficient (Wildman–Crippen LogP) is 5.54. The lowest BCUT2D eigenvalue weighted by Gasteiger charge is -2.49. The third kappa shape index (κ3) is 5.66. The Labute approximate surface area is 222 Å². The Kier molecular flexibility index (Phi) is 7.53. The highest BCUT2D eigenvalue weighted by molar-refractivity contribution is 5.93.